The second kappa shape index (κ2) is 5.60. The number of rotatable bonds is 3. The largest absolute Gasteiger partial charge is 0.504 e. The molecule has 1 amide bonds. The van der Waals surface area contributed by atoms with Gasteiger partial charge in [-0.1, -0.05) is 6.07 Å². The van der Waals surface area contributed by atoms with Gasteiger partial charge < -0.3 is 25.1 Å². The molecule has 0 aliphatic rings. The lowest BCUT2D eigenvalue weighted by Gasteiger charge is -2.21. The summed E-state index contributed by atoms with van der Waals surface area (Å²) in [5.74, 6) is -0.666. The normalized spacial score (nSPS) is 12.6. The Hall–Kier alpha value is -2.24. The maximum absolute atomic E-state index is 11.5. The van der Waals surface area contributed by atoms with Crippen molar-refractivity contribution in [2.45, 2.75) is 32.4 Å². The lowest BCUT2D eigenvalue weighted by Crippen LogP contribution is -2.35. The molecule has 0 aliphatic heterocycles. The maximum atomic E-state index is 11.5. The first-order valence-electron chi connectivity index (χ1n) is 5.69. The fourth-order valence-corrected chi connectivity index (χ4v) is 1.36. The molecule has 0 fully saturated rings. The topological polar surface area (TPSA) is 95.9 Å². The summed E-state index contributed by atoms with van der Waals surface area (Å²) in [6.07, 6.45) is -0.229. The molecular formula is C13H17NO5. The van der Waals surface area contributed by atoms with Crippen LogP contribution in [0.25, 0.3) is 0 Å². The number of benzene rings is 1. The van der Waals surface area contributed by atoms with E-state index >= 15 is 0 Å². The lowest BCUT2D eigenvalue weighted by molar-refractivity contribution is -0.109. The second-order valence-corrected chi connectivity index (χ2v) is 5.01. The monoisotopic (exact) mass is 267 g/mol. The summed E-state index contributed by atoms with van der Waals surface area (Å²) < 4.78 is 5.02. The van der Waals surface area contributed by atoms with Crippen LogP contribution in [0.1, 0.15) is 32.4 Å². The zero-order valence-corrected chi connectivity index (χ0v) is 11.0. The van der Waals surface area contributed by atoms with E-state index in [1.54, 1.807) is 20.8 Å². The number of carbonyl (C=O) groups excluding carboxylic acids is 2. The molecule has 0 saturated carbocycles. The highest BCUT2D eigenvalue weighted by molar-refractivity contribution is 5.75. The molecule has 1 unspecified atom stereocenters. The van der Waals surface area contributed by atoms with E-state index in [2.05, 4.69) is 5.32 Å². The molecule has 1 aromatic rings. The number of aldehydes is 1. The van der Waals surface area contributed by atoms with E-state index < -0.39 is 17.7 Å². The number of nitrogens with one attached hydrogen (secondary N) is 1. The van der Waals surface area contributed by atoms with Crippen LogP contribution in [0, 0.1) is 0 Å². The van der Waals surface area contributed by atoms with Gasteiger partial charge in [-0.3, -0.25) is 0 Å². The van der Waals surface area contributed by atoms with Crippen molar-refractivity contribution in [2.24, 2.45) is 0 Å². The Bertz CT molecular complexity index is 478. The first-order valence-corrected chi connectivity index (χ1v) is 5.69. The third kappa shape index (κ3) is 4.50. The second-order valence-electron chi connectivity index (χ2n) is 5.01. The quantitative estimate of drug-likeness (QED) is 0.574. The zero-order valence-electron chi connectivity index (χ0n) is 11.0. The molecule has 0 heterocycles. The summed E-state index contributed by atoms with van der Waals surface area (Å²) in [6, 6.07) is 2.90. The van der Waals surface area contributed by atoms with Crippen molar-refractivity contribution in [3.05, 3.63) is 23.8 Å². The average molecular weight is 267 g/mol. The van der Waals surface area contributed by atoms with Crippen LogP contribution in [-0.4, -0.2) is 28.2 Å². The fourth-order valence-electron chi connectivity index (χ4n) is 1.36. The van der Waals surface area contributed by atoms with Gasteiger partial charge in [-0.2, -0.15) is 0 Å². The molecule has 6 nitrogen and oxygen atoms in total. The Balaban J connectivity index is 2.81. The summed E-state index contributed by atoms with van der Waals surface area (Å²) >= 11 is 0. The molecule has 0 aliphatic carbocycles. The molecule has 104 valence electrons. The van der Waals surface area contributed by atoms with Crippen LogP contribution >= 0.6 is 0 Å². The van der Waals surface area contributed by atoms with Crippen LogP contribution in [0.4, 0.5) is 4.79 Å². The van der Waals surface area contributed by atoms with E-state index in [9.17, 15) is 19.8 Å². The smallest absolute Gasteiger partial charge is 0.408 e. The number of aromatic hydroxyl groups is 2. The first kappa shape index (κ1) is 14.8. The number of hydrogen-bond acceptors (Lipinski definition) is 5. The molecule has 19 heavy (non-hydrogen) atoms. The molecule has 0 aromatic heterocycles. The van der Waals surface area contributed by atoms with Gasteiger partial charge in [-0.05, 0) is 38.5 Å². The van der Waals surface area contributed by atoms with Gasteiger partial charge in [0.1, 0.15) is 17.9 Å². The Morgan fingerprint density at radius 2 is 1.95 bits per heavy atom. The molecule has 0 spiro atoms. The van der Waals surface area contributed by atoms with Crippen LogP contribution in [0.3, 0.4) is 0 Å². The minimum absolute atomic E-state index is 0.300. The fraction of sp³-hybridized carbons (Fsp3) is 0.385. The van der Waals surface area contributed by atoms with E-state index in [4.69, 9.17) is 4.74 Å². The lowest BCUT2D eigenvalue weighted by atomic mass is 10.1. The highest BCUT2D eigenvalue weighted by Crippen LogP contribution is 2.27. The summed E-state index contributed by atoms with van der Waals surface area (Å²) in [7, 11) is 0. The van der Waals surface area contributed by atoms with Crippen LogP contribution in [0.15, 0.2) is 18.2 Å². The van der Waals surface area contributed by atoms with Crippen molar-refractivity contribution in [1.29, 1.82) is 0 Å². The van der Waals surface area contributed by atoms with Crippen molar-refractivity contribution in [3.8, 4) is 11.5 Å². The molecule has 6 heteroatoms. The Morgan fingerprint density at radius 1 is 1.32 bits per heavy atom. The number of carbonyl (C=O) groups is 2. The van der Waals surface area contributed by atoms with Gasteiger partial charge in [-0.25, -0.2) is 4.79 Å². The minimum Gasteiger partial charge on any atom is -0.504 e. The summed E-state index contributed by atoms with van der Waals surface area (Å²) in [5, 5.41) is 20.9. The van der Waals surface area contributed by atoms with Crippen LogP contribution in [-0.2, 0) is 9.53 Å². The number of amides is 1. The molecule has 1 aromatic carbocycles. The van der Waals surface area contributed by atoms with Gasteiger partial charge in [0.05, 0.1) is 0 Å². The Kier molecular flexibility index (Phi) is 4.37. The zero-order chi connectivity index (χ0) is 14.6. The number of phenolic OH excluding ortho intramolecular Hbond substituents is 2. The number of phenols is 2. The van der Waals surface area contributed by atoms with E-state index in [0.717, 1.165) is 0 Å². The van der Waals surface area contributed by atoms with Crippen molar-refractivity contribution in [1.82, 2.24) is 5.32 Å². The van der Waals surface area contributed by atoms with E-state index in [1.807, 2.05) is 0 Å². The van der Waals surface area contributed by atoms with Crippen molar-refractivity contribution in [3.63, 3.8) is 0 Å². The van der Waals surface area contributed by atoms with Crippen molar-refractivity contribution in [2.75, 3.05) is 0 Å². The molecule has 0 radical (unpaired) electrons. The van der Waals surface area contributed by atoms with Crippen LogP contribution < -0.4 is 5.32 Å². The van der Waals surface area contributed by atoms with E-state index in [1.165, 1.54) is 18.2 Å². The molecule has 0 saturated heterocycles. The van der Waals surface area contributed by atoms with Gasteiger partial charge in [-0.15, -0.1) is 0 Å². The van der Waals surface area contributed by atoms with E-state index in [-0.39, 0.29) is 11.5 Å². The predicted octanol–water partition coefficient (Wildman–Crippen LogP) is 1.86. The number of ether oxygens (including phenoxy) is 1. The molecule has 0 bridgehead atoms. The van der Waals surface area contributed by atoms with Crippen LogP contribution in [0.2, 0.25) is 0 Å². The SMILES string of the molecule is CC(C)(C)OC(=O)NC(C=O)c1ccc(O)c(O)c1. The van der Waals surface area contributed by atoms with Crippen molar-refractivity contribution < 1.29 is 24.5 Å². The third-order valence-electron chi connectivity index (χ3n) is 2.17. The summed E-state index contributed by atoms with van der Waals surface area (Å²) in [6.45, 7) is 5.11. The highest BCUT2D eigenvalue weighted by Gasteiger charge is 2.20. The van der Waals surface area contributed by atoms with Gasteiger partial charge >= 0.3 is 6.09 Å². The molecule has 1 rings (SSSR count). The van der Waals surface area contributed by atoms with Crippen LogP contribution in [0.5, 0.6) is 11.5 Å². The summed E-state index contributed by atoms with van der Waals surface area (Å²) in [5.41, 5.74) is -0.328. The third-order valence-corrected chi connectivity index (χ3v) is 2.17. The standard InChI is InChI=1S/C13H17NO5/c1-13(2,3)19-12(18)14-9(7-15)8-4-5-10(16)11(17)6-8/h4-7,9,16-17H,1-3H3,(H,14,18). The number of hydrogen-bond donors (Lipinski definition) is 3. The van der Waals surface area contributed by atoms with E-state index in [0.29, 0.717) is 11.8 Å². The van der Waals surface area contributed by atoms with Gasteiger partial charge in [0.15, 0.2) is 11.5 Å². The first-order chi connectivity index (χ1) is 8.73. The molecular weight excluding hydrogens is 250 g/mol. The van der Waals surface area contributed by atoms with Gasteiger partial charge in [0.25, 0.3) is 0 Å². The average Bonchev–Trinajstić information content (AvgIpc) is 2.27. The minimum atomic E-state index is -0.957. The summed E-state index contributed by atoms with van der Waals surface area (Å²) in [4.78, 5) is 22.5. The Labute approximate surface area is 111 Å². The molecule has 1 atom stereocenters. The highest BCUT2D eigenvalue weighted by atomic mass is 16.6. The van der Waals surface area contributed by atoms with Crippen molar-refractivity contribution >= 4 is 12.4 Å². The predicted molar refractivity (Wildman–Crippen MR) is 67.9 cm³/mol. The van der Waals surface area contributed by atoms with Gasteiger partial charge in [0, 0.05) is 0 Å². The Morgan fingerprint density at radius 3 is 2.42 bits per heavy atom. The molecule has 3 N–H and O–H groups in total. The number of alkyl carbamates (subject to hydrolysis) is 1. The van der Waals surface area contributed by atoms with Gasteiger partial charge in [0.2, 0.25) is 0 Å². The maximum Gasteiger partial charge on any atom is 0.408 e.